The van der Waals surface area contributed by atoms with Gasteiger partial charge in [-0.2, -0.15) is 0 Å². The van der Waals surface area contributed by atoms with Crippen molar-refractivity contribution in [1.82, 2.24) is 4.90 Å². The maximum absolute atomic E-state index is 12.5. The molecule has 3 nitrogen and oxygen atoms in total. The molecule has 3 rings (SSSR count). The molecule has 3 atom stereocenters. The normalized spacial score (nSPS) is 28.6. The lowest BCUT2D eigenvalue weighted by atomic mass is 9.88. The van der Waals surface area contributed by atoms with Crippen LogP contribution in [0.25, 0.3) is 0 Å². The molecule has 3 unspecified atom stereocenters. The summed E-state index contributed by atoms with van der Waals surface area (Å²) < 4.78 is 0. The second kappa shape index (κ2) is 4.87. The zero-order chi connectivity index (χ0) is 13.4. The summed E-state index contributed by atoms with van der Waals surface area (Å²) in [5, 5.41) is 0. The Labute approximate surface area is 114 Å². The van der Waals surface area contributed by atoms with Gasteiger partial charge in [0.15, 0.2) is 0 Å². The number of carbonyl (C=O) groups excluding carboxylic acids is 1. The van der Waals surface area contributed by atoms with Gasteiger partial charge in [-0.3, -0.25) is 4.79 Å². The predicted molar refractivity (Wildman–Crippen MR) is 76.3 cm³/mol. The Balaban J connectivity index is 1.64. The number of hydrogen-bond donors (Lipinski definition) is 1. The van der Waals surface area contributed by atoms with Crippen molar-refractivity contribution < 1.29 is 4.79 Å². The van der Waals surface area contributed by atoms with Crippen molar-refractivity contribution in [3.8, 4) is 0 Å². The van der Waals surface area contributed by atoms with Gasteiger partial charge in [0.2, 0.25) is 5.91 Å². The van der Waals surface area contributed by atoms with Gasteiger partial charge in [0.1, 0.15) is 0 Å². The monoisotopic (exact) mass is 258 g/mol. The van der Waals surface area contributed by atoms with Crippen LogP contribution in [0.3, 0.4) is 0 Å². The standard InChI is InChI=1S/C16H22N2O/c1-18(10-12-3-2-4-14(17)8-12)16(19)15-9-11-5-6-13(15)7-11/h2-4,8,11,13,15H,5-7,9-10,17H2,1H3. The third-order valence-corrected chi connectivity index (χ3v) is 4.80. The number of anilines is 1. The number of nitrogens with zero attached hydrogens (tertiary/aromatic N) is 1. The lowest BCUT2D eigenvalue weighted by molar-refractivity contribution is -0.136. The van der Waals surface area contributed by atoms with E-state index in [4.69, 9.17) is 5.73 Å². The number of rotatable bonds is 3. The number of hydrogen-bond acceptors (Lipinski definition) is 2. The van der Waals surface area contributed by atoms with Crippen molar-refractivity contribution >= 4 is 11.6 Å². The Morgan fingerprint density at radius 3 is 2.84 bits per heavy atom. The topological polar surface area (TPSA) is 46.3 Å². The molecule has 2 fully saturated rings. The molecule has 0 heterocycles. The third-order valence-electron chi connectivity index (χ3n) is 4.80. The summed E-state index contributed by atoms with van der Waals surface area (Å²) in [5.41, 5.74) is 7.65. The number of carbonyl (C=O) groups is 1. The Morgan fingerprint density at radius 1 is 1.37 bits per heavy atom. The van der Waals surface area contributed by atoms with Crippen molar-refractivity contribution in [1.29, 1.82) is 0 Å². The van der Waals surface area contributed by atoms with Crippen molar-refractivity contribution in [2.75, 3.05) is 12.8 Å². The molecule has 1 aromatic rings. The summed E-state index contributed by atoms with van der Waals surface area (Å²) in [6.07, 6.45) is 4.99. The number of nitrogen functional groups attached to an aromatic ring is 1. The summed E-state index contributed by atoms with van der Waals surface area (Å²) >= 11 is 0. The highest BCUT2D eigenvalue weighted by Crippen LogP contribution is 2.48. The molecule has 19 heavy (non-hydrogen) atoms. The first-order valence-electron chi connectivity index (χ1n) is 7.23. The van der Waals surface area contributed by atoms with E-state index in [9.17, 15) is 4.79 Å². The summed E-state index contributed by atoms with van der Waals surface area (Å²) in [6, 6.07) is 7.80. The Kier molecular flexibility index (Phi) is 3.21. The number of amides is 1. The zero-order valence-electron chi connectivity index (χ0n) is 11.5. The molecule has 2 bridgehead atoms. The second-order valence-corrected chi connectivity index (χ2v) is 6.22. The Hall–Kier alpha value is -1.51. The highest BCUT2D eigenvalue weighted by molar-refractivity contribution is 5.79. The highest BCUT2D eigenvalue weighted by Gasteiger charge is 2.43. The molecule has 0 aromatic heterocycles. The van der Waals surface area contributed by atoms with E-state index in [1.54, 1.807) is 0 Å². The average Bonchev–Trinajstić information content (AvgIpc) is 3.00. The molecule has 1 aromatic carbocycles. The van der Waals surface area contributed by atoms with Gasteiger partial charge in [0, 0.05) is 25.2 Å². The largest absolute Gasteiger partial charge is 0.399 e. The quantitative estimate of drug-likeness (QED) is 0.847. The molecule has 0 radical (unpaired) electrons. The SMILES string of the molecule is CN(Cc1cccc(N)c1)C(=O)C1CC2CCC1C2. The van der Waals surface area contributed by atoms with E-state index in [0.717, 1.165) is 23.6 Å². The lowest BCUT2D eigenvalue weighted by Crippen LogP contribution is -2.35. The molecule has 2 saturated carbocycles. The number of fused-ring (bicyclic) bond motifs is 2. The second-order valence-electron chi connectivity index (χ2n) is 6.22. The molecule has 3 heteroatoms. The van der Waals surface area contributed by atoms with Gasteiger partial charge < -0.3 is 10.6 Å². The van der Waals surface area contributed by atoms with Crippen LogP contribution in [0.2, 0.25) is 0 Å². The first-order chi connectivity index (χ1) is 9.13. The molecule has 0 spiro atoms. The van der Waals surface area contributed by atoms with Gasteiger partial charge in [-0.1, -0.05) is 18.6 Å². The van der Waals surface area contributed by atoms with Crippen molar-refractivity contribution in [2.45, 2.75) is 32.2 Å². The minimum absolute atomic E-state index is 0.282. The van der Waals surface area contributed by atoms with Crippen molar-refractivity contribution in [3.63, 3.8) is 0 Å². The lowest BCUT2D eigenvalue weighted by Gasteiger charge is -2.26. The van der Waals surface area contributed by atoms with E-state index in [1.165, 1.54) is 19.3 Å². The van der Waals surface area contributed by atoms with Crippen LogP contribution in [0.4, 0.5) is 5.69 Å². The molecule has 102 valence electrons. The molecular weight excluding hydrogens is 236 g/mol. The van der Waals surface area contributed by atoms with E-state index in [-0.39, 0.29) is 5.92 Å². The van der Waals surface area contributed by atoms with Gasteiger partial charge >= 0.3 is 0 Å². The summed E-state index contributed by atoms with van der Waals surface area (Å²) in [6.45, 7) is 0.664. The maximum atomic E-state index is 12.5. The van der Waals surface area contributed by atoms with E-state index >= 15 is 0 Å². The average molecular weight is 258 g/mol. The fourth-order valence-electron chi connectivity index (χ4n) is 3.87. The van der Waals surface area contributed by atoms with Crippen LogP contribution >= 0.6 is 0 Å². The van der Waals surface area contributed by atoms with Crippen LogP contribution in [-0.2, 0) is 11.3 Å². The van der Waals surface area contributed by atoms with Crippen LogP contribution in [0.1, 0.15) is 31.2 Å². The minimum atomic E-state index is 0.282. The zero-order valence-corrected chi connectivity index (χ0v) is 11.5. The summed E-state index contributed by atoms with van der Waals surface area (Å²) in [4.78, 5) is 14.4. The molecule has 2 aliphatic carbocycles. The van der Waals surface area contributed by atoms with Crippen LogP contribution < -0.4 is 5.73 Å². The van der Waals surface area contributed by atoms with E-state index in [2.05, 4.69) is 0 Å². The molecule has 0 saturated heterocycles. The van der Waals surface area contributed by atoms with Crippen molar-refractivity contribution in [3.05, 3.63) is 29.8 Å². The van der Waals surface area contributed by atoms with Gasteiger partial charge in [-0.05, 0) is 48.8 Å². The van der Waals surface area contributed by atoms with Crippen LogP contribution in [-0.4, -0.2) is 17.9 Å². The number of benzene rings is 1. The number of nitrogens with two attached hydrogens (primary N) is 1. The molecule has 2 N–H and O–H groups in total. The first-order valence-corrected chi connectivity index (χ1v) is 7.23. The van der Waals surface area contributed by atoms with Gasteiger partial charge in [-0.15, -0.1) is 0 Å². The predicted octanol–water partition coefficient (Wildman–Crippen LogP) is 2.66. The van der Waals surface area contributed by atoms with Gasteiger partial charge in [0.05, 0.1) is 0 Å². The van der Waals surface area contributed by atoms with Crippen LogP contribution in [0.15, 0.2) is 24.3 Å². The van der Waals surface area contributed by atoms with E-state index in [1.807, 2.05) is 36.2 Å². The smallest absolute Gasteiger partial charge is 0.226 e. The molecular formula is C16H22N2O. The molecule has 2 aliphatic rings. The van der Waals surface area contributed by atoms with E-state index < -0.39 is 0 Å². The fourth-order valence-corrected chi connectivity index (χ4v) is 3.87. The van der Waals surface area contributed by atoms with Gasteiger partial charge in [-0.25, -0.2) is 0 Å². The Bertz CT molecular complexity index is 485. The van der Waals surface area contributed by atoms with Gasteiger partial charge in [0.25, 0.3) is 0 Å². The molecule has 1 amide bonds. The Morgan fingerprint density at radius 2 is 2.21 bits per heavy atom. The van der Waals surface area contributed by atoms with Crippen LogP contribution in [0, 0.1) is 17.8 Å². The third kappa shape index (κ3) is 2.46. The van der Waals surface area contributed by atoms with Crippen LogP contribution in [0.5, 0.6) is 0 Å². The maximum Gasteiger partial charge on any atom is 0.226 e. The minimum Gasteiger partial charge on any atom is -0.399 e. The van der Waals surface area contributed by atoms with E-state index in [0.29, 0.717) is 18.4 Å². The van der Waals surface area contributed by atoms with Crippen molar-refractivity contribution in [2.24, 2.45) is 17.8 Å². The summed E-state index contributed by atoms with van der Waals surface area (Å²) in [5.74, 6) is 2.08. The fraction of sp³-hybridized carbons (Fsp3) is 0.562. The molecule has 0 aliphatic heterocycles. The summed E-state index contributed by atoms with van der Waals surface area (Å²) in [7, 11) is 1.91. The highest BCUT2D eigenvalue weighted by atomic mass is 16.2. The first kappa shape index (κ1) is 12.5.